The number of anilines is 1. The topological polar surface area (TPSA) is 28.2 Å². The van der Waals surface area contributed by atoms with Crippen LogP contribution in [0.15, 0.2) is 18.3 Å². The number of hydrogen-bond acceptors (Lipinski definition) is 3. The van der Waals surface area contributed by atoms with E-state index in [9.17, 15) is 0 Å². The van der Waals surface area contributed by atoms with Crippen LogP contribution < -0.4 is 10.2 Å². The molecule has 0 saturated heterocycles. The molecule has 0 amide bonds. The molecule has 1 aromatic rings. The Bertz CT molecular complexity index is 316. The van der Waals surface area contributed by atoms with Gasteiger partial charge in [0.1, 0.15) is 5.82 Å². The van der Waals surface area contributed by atoms with E-state index in [-0.39, 0.29) is 0 Å². The van der Waals surface area contributed by atoms with E-state index in [0.717, 1.165) is 31.4 Å². The van der Waals surface area contributed by atoms with Crippen molar-refractivity contribution in [2.24, 2.45) is 0 Å². The standard InChI is InChI=1S/C13H21N3/c1-3-8-16(2)13-7-4-11(10-15-13)9-14-12-5-6-12/h4,7,10,12,14H,3,5-6,8-9H2,1-2H3. The average molecular weight is 219 g/mol. The van der Waals surface area contributed by atoms with Crippen molar-refractivity contribution >= 4 is 5.82 Å². The van der Waals surface area contributed by atoms with Crippen LogP contribution >= 0.6 is 0 Å². The summed E-state index contributed by atoms with van der Waals surface area (Å²) in [5, 5.41) is 3.49. The minimum Gasteiger partial charge on any atom is -0.360 e. The summed E-state index contributed by atoms with van der Waals surface area (Å²) in [6.07, 6.45) is 5.82. The van der Waals surface area contributed by atoms with Crippen LogP contribution in [0.5, 0.6) is 0 Å². The Morgan fingerprint density at radius 2 is 2.25 bits per heavy atom. The quantitative estimate of drug-likeness (QED) is 0.795. The fraction of sp³-hybridized carbons (Fsp3) is 0.615. The second-order valence-electron chi connectivity index (χ2n) is 4.60. The third-order valence-corrected chi connectivity index (χ3v) is 2.93. The van der Waals surface area contributed by atoms with Crippen molar-refractivity contribution in [2.75, 3.05) is 18.5 Å². The van der Waals surface area contributed by atoms with E-state index in [4.69, 9.17) is 0 Å². The number of nitrogens with zero attached hydrogens (tertiary/aromatic N) is 2. The largest absolute Gasteiger partial charge is 0.360 e. The zero-order valence-corrected chi connectivity index (χ0v) is 10.2. The van der Waals surface area contributed by atoms with Crippen LogP contribution in [0.3, 0.4) is 0 Å². The molecule has 1 N–H and O–H groups in total. The highest BCUT2D eigenvalue weighted by molar-refractivity contribution is 5.38. The highest BCUT2D eigenvalue weighted by atomic mass is 15.2. The predicted octanol–water partition coefficient (Wildman–Crippen LogP) is 2.18. The summed E-state index contributed by atoms with van der Waals surface area (Å²) >= 11 is 0. The van der Waals surface area contributed by atoms with Crippen LogP contribution in [0.4, 0.5) is 5.82 Å². The molecule has 0 radical (unpaired) electrons. The van der Waals surface area contributed by atoms with Crippen LogP contribution in [-0.4, -0.2) is 24.6 Å². The van der Waals surface area contributed by atoms with Gasteiger partial charge in [-0.15, -0.1) is 0 Å². The van der Waals surface area contributed by atoms with Crippen LogP contribution in [0.25, 0.3) is 0 Å². The summed E-state index contributed by atoms with van der Waals surface area (Å²) in [6.45, 7) is 4.20. The second-order valence-corrected chi connectivity index (χ2v) is 4.60. The number of pyridine rings is 1. The Hall–Kier alpha value is -1.09. The zero-order valence-electron chi connectivity index (χ0n) is 10.2. The molecule has 1 fully saturated rings. The third kappa shape index (κ3) is 3.20. The zero-order chi connectivity index (χ0) is 11.4. The molecule has 0 spiro atoms. The molecule has 0 atom stereocenters. The van der Waals surface area contributed by atoms with E-state index >= 15 is 0 Å². The molecule has 2 rings (SSSR count). The van der Waals surface area contributed by atoms with Crippen molar-refractivity contribution < 1.29 is 0 Å². The second kappa shape index (κ2) is 5.30. The van der Waals surface area contributed by atoms with E-state index < -0.39 is 0 Å². The maximum atomic E-state index is 4.48. The first-order valence-electron chi connectivity index (χ1n) is 6.19. The van der Waals surface area contributed by atoms with Gasteiger partial charge < -0.3 is 10.2 Å². The fourth-order valence-electron chi connectivity index (χ4n) is 1.75. The molecule has 3 nitrogen and oxygen atoms in total. The van der Waals surface area contributed by atoms with Gasteiger partial charge in [-0.25, -0.2) is 4.98 Å². The van der Waals surface area contributed by atoms with Gasteiger partial charge in [-0.2, -0.15) is 0 Å². The first-order valence-corrected chi connectivity index (χ1v) is 6.19. The molecule has 1 saturated carbocycles. The molecule has 3 heteroatoms. The lowest BCUT2D eigenvalue weighted by atomic mass is 10.2. The van der Waals surface area contributed by atoms with Crippen molar-refractivity contribution in [1.29, 1.82) is 0 Å². The highest BCUT2D eigenvalue weighted by Crippen LogP contribution is 2.19. The first kappa shape index (κ1) is 11.4. The number of rotatable bonds is 6. The Morgan fingerprint density at radius 3 is 2.81 bits per heavy atom. The lowest BCUT2D eigenvalue weighted by molar-refractivity contribution is 0.685. The van der Waals surface area contributed by atoms with Crippen molar-refractivity contribution in [3.05, 3.63) is 23.9 Å². The van der Waals surface area contributed by atoms with Crippen LogP contribution in [0, 0.1) is 0 Å². The molecule has 0 unspecified atom stereocenters. The van der Waals surface area contributed by atoms with Gasteiger partial charge in [0, 0.05) is 32.4 Å². The van der Waals surface area contributed by atoms with Gasteiger partial charge in [0.25, 0.3) is 0 Å². The summed E-state index contributed by atoms with van der Waals surface area (Å²) in [5.41, 5.74) is 1.28. The molecule has 1 aromatic heterocycles. The van der Waals surface area contributed by atoms with Crippen molar-refractivity contribution in [3.63, 3.8) is 0 Å². The number of hydrogen-bond donors (Lipinski definition) is 1. The minimum absolute atomic E-state index is 0.766. The maximum Gasteiger partial charge on any atom is 0.128 e. The molecule has 1 aliphatic carbocycles. The molecule has 0 aromatic carbocycles. The lowest BCUT2D eigenvalue weighted by Crippen LogP contribution is -2.19. The van der Waals surface area contributed by atoms with Crippen molar-refractivity contribution in [3.8, 4) is 0 Å². The lowest BCUT2D eigenvalue weighted by Gasteiger charge is -2.17. The van der Waals surface area contributed by atoms with E-state index in [1.54, 1.807) is 0 Å². The third-order valence-electron chi connectivity index (χ3n) is 2.93. The molecule has 1 heterocycles. The highest BCUT2D eigenvalue weighted by Gasteiger charge is 2.19. The van der Waals surface area contributed by atoms with Crippen LogP contribution in [0.1, 0.15) is 31.7 Å². The van der Waals surface area contributed by atoms with Gasteiger partial charge in [-0.3, -0.25) is 0 Å². The SMILES string of the molecule is CCCN(C)c1ccc(CNC2CC2)cn1. The summed E-state index contributed by atoms with van der Waals surface area (Å²) in [4.78, 5) is 6.67. The van der Waals surface area contributed by atoms with Gasteiger partial charge >= 0.3 is 0 Å². The smallest absolute Gasteiger partial charge is 0.128 e. The van der Waals surface area contributed by atoms with E-state index in [1.165, 1.54) is 18.4 Å². The molecule has 0 aliphatic heterocycles. The number of nitrogens with one attached hydrogen (secondary N) is 1. The number of aromatic nitrogens is 1. The van der Waals surface area contributed by atoms with E-state index in [2.05, 4.69) is 41.3 Å². The Labute approximate surface area is 97.9 Å². The Balaban J connectivity index is 1.87. The summed E-state index contributed by atoms with van der Waals surface area (Å²) in [7, 11) is 2.09. The van der Waals surface area contributed by atoms with Gasteiger partial charge in [-0.1, -0.05) is 13.0 Å². The maximum absolute atomic E-state index is 4.48. The predicted molar refractivity (Wildman–Crippen MR) is 67.7 cm³/mol. The van der Waals surface area contributed by atoms with Crippen LogP contribution in [-0.2, 0) is 6.54 Å². The first-order chi connectivity index (χ1) is 7.79. The minimum atomic E-state index is 0.766. The fourth-order valence-corrected chi connectivity index (χ4v) is 1.75. The van der Waals surface area contributed by atoms with Gasteiger partial charge in [0.2, 0.25) is 0 Å². The molecule has 1 aliphatic rings. The Kier molecular flexibility index (Phi) is 3.78. The summed E-state index contributed by atoms with van der Waals surface area (Å²) in [5.74, 6) is 1.07. The Morgan fingerprint density at radius 1 is 1.44 bits per heavy atom. The van der Waals surface area contributed by atoms with Gasteiger partial charge in [0.15, 0.2) is 0 Å². The normalized spacial score (nSPS) is 15.1. The van der Waals surface area contributed by atoms with Gasteiger partial charge in [-0.05, 0) is 30.9 Å². The summed E-state index contributed by atoms with van der Waals surface area (Å²) in [6, 6.07) is 5.05. The van der Waals surface area contributed by atoms with E-state index in [1.807, 2.05) is 6.20 Å². The van der Waals surface area contributed by atoms with E-state index in [0.29, 0.717) is 0 Å². The average Bonchev–Trinajstić information content (AvgIpc) is 3.11. The molecular formula is C13H21N3. The summed E-state index contributed by atoms with van der Waals surface area (Å²) < 4.78 is 0. The molecule has 16 heavy (non-hydrogen) atoms. The van der Waals surface area contributed by atoms with Gasteiger partial charge in [0.05, 0.1) is 0 Å². The molecule has 88 valence electrons. The monoisotopic (exact) mass is 219 g/mol. The van der Waals surface area contributed by atoms with Crippen molar-refractivity contribution in [1.82, 2.24) is 10.3 Å². The molecular weight excluding hydrogens is 198 g/mol. The molecule has 0 bridgehead atoms. The van der Waals surface area contributed by atoms with Crippen molar-refractivity contribution in [2.45, 2.75) is 38.8 Å². The van der Waals surface area contributed by atoms with Crippen LogP contribution in [0.2, 0.25) is 0 Å².